The van der Waals surface area contributed by atoms with E-state index >= 15 is 0 Å². The van der Waals surface area contributed by atoms with E-state index in [1.54, 1.807) is 31.4 Å². The summed E-state index contributed by atoms with van der Waals surface area (Å²) in [4.78, 5) is 11.9. The van der Waals surface area contributed by atoms with E-state index in [9.17, 15) is 9.00 Å². The second-order valence-electron chi connectivity index (χ2n) is 3.93. The molecule has 0 aromatic heterocycles. The van der Waals surface area contributed by atoms with Crippen LogP contribution in [0.3, 0.4) is 0 Å². The van der Waals surface area contributed by atoms with Crippen molar-refractivity contribution in [2.75, 3.05) is 12.8 Å². The summed E-state index contributed by atoms with van der Waals surface area (Å²) in [5, 5.41) is 3.27. The van der Waals surface area contributed by atoms with Crippen molar-refractivity contribution < 1.29 is 9.00 Å². The highest BCUT2D eigenvalue weighted by atomic mass is 35.5. The molecule has 0 fully saturated rings. The third-order valence-electron chi connectivity index (χ3n) is 2.63. The monoisotopic (exact) mass is 273 g/mol. The first kappa shape index (κ1) is 14.2. The fourth-order valence-electron chi connectivity index (χ4n) is 1.30. The van der Waals surface area contributed by atoms with Crippen molar-refractivity contribution in [3.63, 3.8) is 0 Å². The lowest BCUT2D eigenvalue weighted by Gasteiger charge is -2.11. The van der Waals surface area contributed by atoms with Crippen molar-refractivity contribution in [1.29, 1.82) is 0 Å². The molecule has 5 heteroatoms. The van der Waals surface area contributed by atoms with Gasteiger partial charge in [-0.1, -0.05) is 17.7 Å². The molecule has 0 heterocycles. The van der Waals surface area contributed by atoms with Crippen LogP contribution in [0.25, 0.3) is 0 Å². The van der Waals surface area contributed by atoms with Gasteiger partial charge in [-0.2, -0.15) is 0 Å². The van der Waals surface area contributed by atoms with Gasteiger partial charge in [0.1, 0.15) is 0 Å². The standard InChI is InChI=1S/C12H16ClNO2S/c1-8(17(3)16)7-14-12(15)10-5-4-6-11(13)9(10)2/h4-6,8H,7H2,1-3H3,(H,14,15)/t8-,17-/m1/s1. The van der Waals surface area contributed by atoms with Gasteiger partial charge in [-0.3, -0.25) is 9.00 Å². The molecule has 0 unspecified atom stereocenters. The molecule has 1 aromatic carbocycles. The summed E-state index contributed by atoms with van der Waals surface area (Å²) < 4.78 is 11.2. The van der Waals surface area contributed by atoms with Gasteiger partial charge in [0.05, 0.1) is 0 Å². The van der Waals surface area contributed by atoms with Crippen LogP contribution in [-0.2, 0) is 10.8 Å². The second-order valence-corrected chi connectivity index (χ2v) is 6.14. The predicted octanol–water partition coefficient (Wildman–Crippen LogP) is 2.15. The van der Waals surface area contributed by atoms with Gasteiger partial charge in [-0.05, 0) is 31.5 Å². The molecule has 3 nitrogen and oxygen atoms in total. The van der Waals surface area contributed by atoms with Gasteiger partial charge < -0.3 is 5.32 Å². The second kappa shape index (κ2) is 6.17. The molecule has 0 aliphatic rings. The van der Waals surface area contributed by atoms with Crippen molar-refractivity contribution in [2.45, 2.75) is 19.1 Å². The molecule has 0 saturated heterocycles. The molecular formula is C12H16ClNO2S. The first-order chi connectivity index (χ1) is 7.93. The molecule has 0 spiro atoms. The maximum absolute atomic E-state index is 11.9. The molecular weight excluding hydrogens is 258 g/mol. The van der Waals surface area contributed by atoms with E-state index in [0.29, 0.717) is 17.1 Å². The Kier molecular flexibility index (Phi) is 5.15. The van der Waals surface area contributed by atoms with Gasteiger partial charge in [0.15, 0.2) is 0 Å². The number of benzene rings is 1. The van der Waals surface area contributed by atoms with Crippen LogP contribution in [0.1, 0.15) is 22.8 Å². The molecule has 1 rings (SSSR count). The Balaban J connectivity index is 2.71. The number of carbonyl (C=O) groups excluding carboxylic acids is 1. The average molecular weight is 274 g/mol. The summed E-state index contributed by atoms with van der Waals surface area (Å²) in [5.74, 6) is -0.178. The Morgan fingerprint density at radius 2 is 2.18 bits per heavy atom. The van der Waals surface area contributed by atoms with Crippen molar-refractivity contribution in [2.24, 2.45) is 0 Å². The van der Waals surface area contributed by atoms with E-state index in [0.717, 1.165) is 5.56 Å². The summed E-state index contributed by atoms with van der Waals surface area (Å²) in [7, 11) is -0.934. The lowest BCUT2D eigenvalue weighted by molar-refractivity contribution is 0.0953. The van der Waals surface area contributed by atoms with Crippen LogP contribution in [0.5, 0.6) is 0 Å². The molecule has 17 heavy (non-hydrogen) atoms. The van der Waals surface area contributed by atoms with Crippen LogP contribution in [-0.4, -0.2) is 28.2 Å². The number of rotatable bonds is 4. The molecule has 2 atom stereocenters. The SMILES string of the molecule is Cc1c(Cl)cccc1C(=O)NC[C@@H](C)[S@@](C)=O. The number of nitrogens with one attached hydrogen (secondary N) is 1. The maximum Gasteiger partial charge on any atom is 0.251 e. The molecule has 0 bridgehead atoms. The number of hydrogen-bond acceptors (Lipinski definition) is 2. The van der Waals surface area contributed by atoms with Crippen LogP contribution in [0.4, 0.5) is 0 Å². The topological polar surface area (TPSA) is 46.2 Å². The first-order valence-electron chi connectivity index (χ1n) is 5.29. The summed E-state index contributed by atoms with van der Waals surface area (Å²) in [5.41, 5.74) is 1.32. The minimum absolute atomic E-state index is 0.0570. The zero-order valence-corrected chi connectivity index (χ0v) is 11.7. The molecule has 0 saturated carbocycles. The fourth-order valence-corrected chi connectivity index (χ4v) is 1.80. The van der Waals surface area contributed by atoms with Gasteiger partial charge in [0, 0.05) is 39.4 Å². The first-order valence-corrected chi connectivity index (χ1v) is 7.29. The lowest BCUT2D eigenvalue weighted by atomic mass is 10.1. The zero-order valence-electron chi connectivity index (χ0n) is 10.1. The molecule has 0 radical (unpaired) electrons. The number of amides is 1. The smallest absolute Gasteiger partial charge is 0.251 e. The Morgan fingerprint density at radius 3 is 2.76 bits per heavy atom. The molecule has 1 aromatic rings. The number of carbonyl (C=O) groups is 1. The van der Waals surface area contributed by atoms with E-state index in [-0.39, 0.29) is 11.2 Å². The van der Waals surface area contributed by atoms with Gasteiger partial charge in [-0.25, -0.2) is 0 Å². The summed E-state index contributed by atoms with van der Waals surface area (Å²) in [6.45, 7) is 4.04. The Labute approximate surface area is 109 Å². The highest BCUT2D eigenvalue weighted by Gasteiger charge is 2.12. The molecule has 0 aliphatic carbocycles. The van der Waals surface area contributed by atoms with Crippen molar-refractivity contribution in [3.05, 3.63) is 34.3 Å². The molecule has 0 aliphatic heterocycles. The van der Waals surface area contributed by atoms with Crippen LogP contribution in [0, 0.1) is 6.92 Å². The summed E-state index contributed by atoms with van der Waals surface area (Å²) >= 11 is 5.94. The van der Waals surface area contributed by atoms with Crippen molar-refractivity contribution >= 4 is 28.3 Å². The van der Waals surface area contributed by atoms with E-state index in [1.165, 1.54) is 0 Å². The summed E-state index contributed by atoms with van der Waals surface area (Å²) in [6, 6.07) is 5.22. The van der Waals surface area contributed by atoms with Gasteiger partial charge >= 0.3 is 0 Å². The average Bonchev–Trinajstić information content (AvgIpc) is 2.29. The van der Waals surface area contributed by atoms with Crippen LogP contribution < -0.4 is 5.32 Å². The van der Waals surface area contributed by atoms with Crippen molar-refractivity contribution in [3.8, 4) is 0 Å². The summed E-state index contributed by atoms with van der Waals surface area (Å²) in [6.07, 6.45) is 1.63. The van der Waals surface area contributed by atoms with Gasteiger partial charge in [-0.15, -0.1) is 0 Å². The fraction of sp³-hybridized carbons (Fsp3) is 0.417. The van der Waals surface area contributed by atoms with Gasteiger partial charge in [0.2, 0.25) is 0 Å². The zero-order chi connectivity index (χ0) is 13.0. The Hall–Kier alpha value is -0.870. The normalized spacial score (nSPS) is 14.1. The van der Waals surface area contributed by atoms with E-state index < -0.39 is 10.8 Å². The van der Waals surface area contributed by atoms with Crippen LogP contribution in [0.2, 0.25) is 5.02 Å². The predicted molar refractivity (Wildman–Crippen MR) is 72.1 cm³/mol. The Morgan fingerprint density at radius 1 is 1.53 bits per heavy atom. The van der Waals surface area contributed by atoms with E-state index in [1.807, 2.05) is 6.92 Å². The molecule has 1 N–H and O–H groups in total. The third kappa shape index (κ3) is 3.82. The lowest BCUT2D eigenvalue weighted by Crippen LogP contribution is -2.32. The minimum Gasteiger partial charge on any atom is -0.351 e. The van der Waals surface area contributed by atoms with Crippen LogP contribution >= 0.6 is 11.6 Å². The molecule has 94 valence electrons. The number of halogens is 1. The Bertz CT molecular complexity index is 448. The highest BCUT2D eigenvalue weighted by Crippen LogP contribution is 2.18. The minimum atomic E-state index is -0.934. The molecule has 1 amide bonds. The largest absolute Gasteiger partial charge is 0.351 e. The highest BCUT2D eigenvalue weighted by molar-refractivity contribution is 7.84. The maximum atomic E-state index is 11.9. The van der Waals surface area contributed by atoms with Crippen LogP contribution in [0.15, 0.2) is 18.2 Å². The van der Waals surface area contributed by atoms with Gasteiger partial charge in [0.25, 0.3) is 5.91 Å². The van der Waals surface area contributed by atoms with E-state index in [2.05, 4.69) is 5.32 Å². The quantitative estimate of drug-likeness (QED) is 0.914. The third-order valence-corrected chi connectivity index (χ3v) is 4.34. The number of hydrogen-bond donors (Lipinski definition) is 1. The van der Waals surface area contributed by atoms with E-state index in [4.69, 9.17) is 11.6 Å². The van der Waals surface area contributed by atoms with Crippen molar-refractivity contribution in [1.82, 2.24) is 5.32 Å².